The van der Waals surface area contributed by atoms with Crippen molar-refractivity contribution in [3.05, 3.63) is 0 Å². The second kappa shape index (κ2) is 10.6. The van der Waals surface area contributed by atoms with Gasteiger partial charge in [0.1, 0.15) is 0 Å². The van der Waals surface area contributed by atoms with Crippen molar-refractivity contribution in [2.24, 2.45) is 11.3 Å². The van der Waals surface area contributed by atoms with E-state index in [0.717, 1.165) is 25.8 Å². The summed E-state index contributed by atoms with van der Waals surface area (Å²) >= 11 is 0. The van der Waals surface area contributed by atoms with Gasteiger partial charge in [0.05, 0.1) is 18.8 Å². The van der Waals surface area contributed by atoms with Crippen LogP contribution in [-0.2, 0) is 4.74 Å². The molecule has 0 radical (unpaired) electrons. The topological polar surface area (TPSA) is 61.7 Å². The minimum atomic E-state index is -0.491. The molecule has 0 saturated heterocycles. The number of hydrogen-bond donors (Lipinski definition) is 3. The fourth-order valence-corrected chi connectivity index (χ4v) is 2.35. The predicted octanol–water partition coefficient (Wildman–Crippen LogP) is 2.19. The average Bonchev–Trinajstić information content (AvgIpc) is 2.41. The molecule has 0 aromatic heterocycles. The molecule has 0 aromatic carbocycles. The SMILES string of the molecule is CCC(CC)(CO)CNCC(O)COC(C)CC(C)C. The summed E-state index contributed by atoms with van der Waals surface area (Å²) in [6.07, 6.45) is 2.58. The standard InChI is InChI=1S/C16H35NO3/c1-6-16(7-2,12-18)11-17-9-15(19)10-20-14(5)8-13(3)4/h13-15,17-19H,6-12H2,1-5H3. The Labute approximate surface area is 124 Å². The number of aliphatic hydroxyl groups excluding tert-OH is 2. The normalized spacial score (nSPS) is 15.6. The van der Waals surface area contributed by atoms with E-state index in [-0.39, 0.29) is 18.1 Å². The second-order valence-corrected chi connectivity index (χ2v) is 6.42. The Hall–Kier alpha value is -0.160. The fourth-order valence-electron chi connectivity index (χ4n) is 2.35. The van der Waals surface area contributed by atoms with Gasteiger partial charge >= 0.3 is 0 Å². The third-order valence-corrected chi connectivity index (χ3v) is 4.09. The smallest absolute Gasteiger partial charge is 0.0897 e. The van der Waals surface area contributed by atoms with Gasteiger partial charge in [-0.2, -0.15) is 0 Å². The predicted molar refractivity (Wildman–Crippen MR) is 83.8 cm³/mol. The minimum Gasteiger partial charge on any atom is -0.396 e. The summed E-state index contributed by atoms with van der Waals surface area (Å²) in [4.78, 5) is 0. The lowest BCUT2D eigenvalue weighted by Gasteiger charge is -2.30. The van der Waals surface area contributed by atoms with Gasteiger partial charge < -0.3 is 20.3 Å². The molecule has 0 heterocycles. The Kier molecular flexibility index (Phi) is 10.5. The van der Waals surface area contributed by atoms with Crippen LogP contribution in [0.15, 0.2) is 0 Å². The van der Waals surface area contributed by atoms with Crippen molar-refractivity contribution in [1.29, 1.82) is 0 Å². The summed E-state index contributed by atoms with van der Waals surface area (Å²) in [6, 6.07) is 0. The lowest BCUT2D eigenvalue weighted by Crippen LogP contribution is -2.40. The van der Waals surface area contributed by atoms with E-state index in [2.05, 4.69) is 33.0 Å². The first kappa shape index (κ1) is 19.8. The van der Waals surface area contributed by atoms with Crippen LogP contribution in [0.3, 0.4) is 0 Å². The van der Waals surface area contributed by atoms with Gasteiger partial charge in [0.2, 0.25) is 0 Å². The van der Waals surface area contributed by atoms with Crippen LogP contribution < -0.4 is 5.32 Å². The van der Waals surface area contributed by atoms with Crippen LogP contribution in [-0.4, -0.2) is 48.7 Å². The molecule has 4 nitrogen and oxygen atoms in total. The minimum absolute atomic E-state index is 0.0640. The summed E-state index contributed by atoms with van der Waals surface area (Å²) in [5.74, 6) is 0.611. The van der Waals surface area contributed by atoms with Crippen LogP contribution in [0.4, 0.5) is 0 Å². The molecule has 0 saturated carbocycles. The summed E-state index contributed by atoms with van der Waals surface area (Å²) in [5.41, 5.74) is -0.0640. The van der Waals surface area contributed by atoms with Gasteiger partial charge in [0, 0.05) is 25.1 Å². The molecule has 3 N–H and O–H groups in total. The third kappa shape index (κ3) is 8.20. The molecule has 0 aliphatic rings. The molecule has 0 aliphatic heterocycles. The largest absolute Gasteiger partial charge is 0.396 e. The molecule has 0 rings (SSSR count). The van der Waals surface area contributed by atoms with Crippen LogP contribution in [0.5, 0.6) is 0 Å². The lowest BCUT2D eigenvalue weighted by molar-refractivity contribution is -0.00993. The third-order valence-electron chi connectivity index (χ3n) is 4.09. The van der Waals surface area contributed by atoms with E-state index in [1.54, 1.807) is 0 Å². The van der Waals surface area contributed by atoms with Crippen LogP contribution in [0, 0.1) is 11.3 Å². The number of ether oxygens (including phenoxy) is 1. The fraction of sp³-hybridized carbons (Fsp3) is 1.00. The van der Waals surface area contributed by atoms with Gasteiger partial charge in [0.25, 0.3) is 0 Å². The molecular formula is C16H35NO3. The highest BCUT2D eigenvalue weighted by atomic mass is 16.5. The Morgan fingerprint density at radius 3 is 2.20 bits per heavy atom. The number of rotatable bonds is 12. The molecule has 0 amide bonds. The van der Waals surface area contributed by atoms with E-state index in [4.69, 9.17) is 4.74 Å². The van der Waals surface area contributed by atoms with Gasteiger partial charge in [-0.05, 0) is 32.1 Å². The first-order chi connectivity index (χ1) is 9.39. The number of hydrogen-bond acceptors (Lipinski definition) is 4. The molecule has 20 heavy (non-hydrogen) atoms. The van der Waals surface area contributed by atoms with Gasteiger partial charge in [-0.1, -0.05) is 27.7 Å². The highest BCUT2D eigenvalue weighted by Crippen LogP contribution is 2.24. The maximum Gasteiger partial charge on any atom is 0.0897 e. The monoisotopic (exact) mass is 289 g/mol. The molecule has 0 aliphatic carbocycles. The van der Waals surface area contributed by atoms with E-state index in [1.807, 2.05) is 6.92 Å². The number of nitrogens with one attached hydrogen (secondary N) is 1. The van der Waals surface area contributed by atoms with E-state index in [0.29, 0.717) is 19.1 Å². The molecule has 0 bridgehead atoms. The first-order valence-electron chi connectivity index (χ1n) is 8.00. The Morgan fingerprint density at radius 2 is 1.75 bits per heavy atom. The van der Waals surface area contributed by atoms with Crippen LogP contribution >= 0.6 is 0 Å². The summed E-state index contributed by atoms with van der Waals surface area (Å²) in [6.45, 7) is 12.4. The summed E-state index contributed by atoms with van der Waals surface area (Å²) in [5, 5.41) is 22.6. The molecular weight excluding hydrogens is 254 g/mol. The van der Waals surface area contributed by atoms with E-state index in [1.165, 1.54) is 0 Å². The Balaban J connectivity index is 3.85. The highest BCUT2D eigenvalue weighted by Gasteiger charge is 2.24. The lowest BCUT2D eigenvalue weighted by atomic mass is 9.83. The maximum absolute atomic E-state index is 9.90. The van der Waals surface area contributed by atoms with Crippen molar-refractivity contribution in [3.8, 4) is 0 Å². The quantitative estimate of drug-likeness (QED) is 0.515. The van der Waals surface area contributed by atoms with Crippen molar-refractivity contribution in [2.45, 2.75) is 66.1 Å². The van der Waals surface area contributed by atoms with Gasteiger partial charge in [-0.25, -0.2) is 0 Å². The Morgan fingerprint density at radius 1 is 1.15 bits per heavy atom. The second-order valence-electron chi connectivity index (χ2n) is 6.42. The summed E-state index contributed by atoms with van der Waals surface area (Å²) in [7, 11) is 0. The number of aliphatic hydroxyl groups is 2. The van der Waals surface area contributed by atoms with Crippen LogP contribution in [0.1, 0.15) is 53.9 Å². The molecule has 4 heteroatoms. The molecule has 0 spiro atoms. The van der Waals surface area contributed by atoms with Crippen LogP contribution in [0.2, 0.25) is 0 Å². The van der Waals surface area contributed by atoms with Gasteiger partial charge in [-0.15, -0.1) is 0 Å². The average molecular weight is 289 g/mol. The van der Waals surface area contributed by atoms with E-state index < -0.39 is 6.10 Å². The molecule has 0 aromatic rings. The van der Waals surface area contributed by atoms with Gasteiger partial charge in [0.15, 0.2) is 0 Å². The van der Waals surface area contributed by atoms with Crippen molar-refractivity contribution in [1.82, 2.24) is 5.32 Å². The first-order valence-corrected chi connectivity index (χ1v) is 8.00. The summed E-state index contributed by atoms with van der Waals surface area (Å²) < 4.78 is 5.64. The van der Waals surface area contributed by atoms with Crippen LogP contribution in [0.25, 0.3) is 0 Å². The molecule has 122 valence electrons. The zero-order valence-corrected chi connectivity index (χ0v) is 14.0. The zero-order chi connectivity index (χ0) is 15.6. The molecule has 0 fully saturated rings. The van der Waals surface area contributed by atoms with Crippen molar-refractivity contribution >= 4 is 0 Å². The molecule has 2 atom stereocenters. The Bertz CT molecular complexity index is 221. The molecule has 2 unspecified atom stereocenters. The van der Waals surface area contributed by atoms with Gasteiger partial charge in [-0.3, -0.25) is 0 Å². The van der Waals surface area contributed by atoms with Crippen molar-refractivity contribution < 1.29 is 14.9 Å². The van der Waals surface area contributed by atoms with Crippen molar-refractivity contribution in [2.75, 3.05) is 26.3 Å². The highest BCUT2D eigenvalue weighted by molar-refractivity contribution is 4.78. The van der Waals surface area contributed by atoms with E-state index >= 15 is 0 Å². The van der Waals surface area contributed by atoms with E-state index in [9.17, 15) is 10.2 Å². The van der Waals surface area contributed by atoms with Crippen molar-refractivity contribution in [3.63, 3.8) is 0 Å². The maximum atomic E-state index is 9.90. The zero-order valence-electron chi connectivity index (χ0n) is 14.0.